The van der Waals surface area contributed by atoms with Gasteiger partial charge in [-0.15, -0.1) is 0 Å². The van der Waals surface area contributed by atoms with Gasteiger partial charge in [-0.25, -0.2) is 0 Å². The summed E-state index contributed by atoms with van der Waals surface area (Å²) in [6.07, 6.45) is 3.73. The van der Waals surface area contributed by atoms with Gasteiger partial charge in [0.15, 0.2) is 5.82 Å². The van der Waals surface area contributed by atoms with Crippen LogP contribution in [0.3, 0.4) is 0 Å². The molecule has 96 valence electrons. The van der Waals surface area contributed by atoms with Gasteiger partial charge in [0.25, 0.3) is 0 Å². The van der Waals surface area contributed by atoms with Gasteiger partial charge < -0.3 is 10.6 Å². The van der Waals surface area contributed by atoms with Crippen molar-refractivity contribution in [2.24, 2.45) is 0 Å². The molecule has 2 aliphatic heterocycles. The summed E-state index contributed by atoms with van der Waals surface area (Å²) in [5.74, 6) is 0.375. The molecule has 1 aromatic rings. The van der Waals surface area contributed by atoms with Gasteiger partial charge in [0.05, 0.1) is 0 Å². The Morgan fingerprint density at radius 3 is 2.94 bits per heavy atom. The number of hydrogen-bond donors (Lipinski definition) is 1. The molecule has 18 heavy (non-hydrogen) atoms. The number of rotatable bonds is 1. The third kappa shape index (κ3) is 1.74. The van der Waals surface area contributed by atoms with E-state index in [4.69, 9.17) is 5.73 Å². The van der Waals surface area contributed by atoms with E-state index in [0.29, 0.717) is 23.5 Å². The molecule has 2 saturated heterocycles. The van der Waals surface area contributed by atoms with Crippen molar-refractivity contribution in [3.8, 4) is 6.07 Å². The molecule has 6 heteroatoms. The van der Waals surface area contributed by atoms with Crippen molar-refractivity contribution >= 4 is 22.4 Å². The molecule has 2 unspecified atom stereocenters. The molecule has 5 nitrogen and oxygen atoms in total. The minimum atomic E-state index is 0.375. The van der Waals surface area contributed by atoms with Crippen LogP contribution in [0, 0.1) is 11.3 Å². The first-order valence-electron chi connectivity index (χ1n) is 6.33. The van der Waals surface area contributed by atoms with Crippen LogP contribution in [0.1, 0.15) is 24.8 Å². The molecule has 0 amide bonds. The highest BCUT2D eigenvalue weighted by Gasteiger charge is 2.35. The third-order valence-corrected chi connectivity index (χ3v) is 5.17. The Kier molecular flexibility index (Phi) is 2.88. The molecule has 2 N–H and O–H groups in total. The summed E-state index contributed by atoms with van der Waals surface area (Å²) in [5, 5.41) is 10.1. The maximum atomic E-state index is 9.17. The van der Waals surface area contributed by atoms with Gasteiger partial charge in [0.2, 0.25) is 0 Å². The van der Waals surface area contributed by atoms with Gasteiger partial charge in [0, 0.05) is 25.2 Å². The van der Waals surface area contributed by atoms with Crippen LogP contribution in [0.4, 0.5) is 10.8 Å². The zero-order valence-corrected chi connectivity index (χ0v) is 11.3. The van der Waals surface area contributed by atoms with Gasteiger partial charge in [-0.3, -0.25) is 4.90 Å². The van der Waals surface area contributed by atoms with Gasteiger partial charge in [0.1, 0.15) is 16.6 Å². The monoisotopic (exact) mass is 263 g/mol. The summed E-state index contributed by atoms with van der Waals surface area (Å²) in [4.78, 5) is 4.79. The number of nitriles is 1. The van der Waals surface area contributed by atoms with Crippen LogP contribution in [-0.4, -0.2) is 41.5 Å². The minimum Gasteiger partial charge on any atom is -0.382 e. The number of nitrogen functional groups attached to an aromatic ring is 1. The van der Waals surface area contributed by atoms with Gasteiger partial charge in [-0.2, -0.15) is 9.64 Å². The van der Waals surface area contributed by atoms with Crippen LogP contribution in [-0.2, 0) is 0 Å². The largest absolute Gasteiger partial charge is 0.382 e. The molecule has 0 spiro atoms. The second kappa shape index (κ2) is 4.41. The van der Waals surface area contributed by atoms with Crippen LogP contribution < -0.4 is 10.6 Å². The fourth-order valence-electron chi connectivity index (χ4n) is 3.11. The van der Waals surface area contributed by atoms with E-state index in [1.54, 1.807) is 0 Å². The topological polar surface area (TPSA) is 69.2 Å². The molecule has 2 fully saturated rings. The number of nitrogens with two attached hydrogens (primary N) is 1. The molecule has 2 bridgehead atoms. The van der Waals surface area contributed by atoms with E-state index in [1.807, 2.05) is 0 Å². The summed E-state index contributed by atoms with van der Waals surface area (Å²) < 4.78 is 4.12. The van der Waals surface area contributed by atoms with Crippen molar-refractivity contribution in [1.29, 1.82) is 5.26 Å². The maximum absolute atomic E-state index is 9.17. The van der Waals surface area contributed by atoms with Crippen LogP contribution in [0.25, 0.3) is 0 Å². The lowest BCUT2D eigenvalue weighted by atomic mass is 10.1. The second-order valence-corrected chi connectivity index (χ2v) is 5.90. The number of hydrogen-bond acceptors (Lipinski definition) is 6. The molecule has 0 saturated carbocycles. The molecular weight excluding hydrogens is 246 g/mol. The predicted molar refractivity (Wildman–Crippen MR) is 72.6 cm³/mol. The smallest absolute Gasteiger partial charge is 0.157 e. The van der Waals surface area contributed by atoms with Crippen LogP contribution in [0.2, 0.25) is 0 Å². The number of aromatic nitrogens is 1. The molecule has 2 atom stereocenters. The first-order chi connectivity index (χ1) is 8.70. The van der Waals surface area contributed by atoms with Crippen molar-refractivity contribution in [1.82, 2.24) is 9.27 Å². The van der Waals surface area contributed by atoms with E-state index in [1.165, 1.54) is 24.4 Å². The highest BCUT2D eigenvalue weighted by molar-refractivity contribution is 7.10. The lowest BCUT2D eigenvalue weighted by Gasteiger charge is -2.26. The molecule has 1 aromatic heterocycles. The summed E-state index contributed by atoms with van der Waals surface area (Å²) in [6.45, 7) is 1.99. The van der Waals surface area contributed by atoms with Crippen LogP contribution >= 0.6 is 11.5 Å². The van der Waals surface area contributed by atoms with Crippen molar-refractivity contribution < 1.29 is 0 Å². The average Bonchev–Trinajstić information content (AvgIpc) is 2.81. The van der Waals surface area contributed by atoms with E-state index >= 15 is 0 Å². The van der Waals surface area contributed by atoms with Crippen molar-refractivity contribution in [3.63, 3.8) is 0 Å². The fourth-order valence-corrected chi connectivity index (χ4v) is 3.91. The highest BCUT2D eigenvalue weighted by Crippen LogP contribution is 2.35. The molecule has 2 aliphatic rings. The predicted octanol–water partition coefficient (Wildman–Crippen LogP) is 1.27. The molecular formula is C12H17N5S. The summed E-state index contributed by atoms with van der Waals surface area (Å²) in [6, 6.07) is 3.49. The maximum Gasteiger partial charge on any atom is 0.157 e. The summed E-state index contributed by atoms with van der Waals surface area (Å²) in [7, 11) is 2.22. The number of likely N-dealkylation sites (N-methyl/N-ethyl adjacent to an activating group) is 1. The van der Waals surface area contributed by atoms with Gasteiger partial charge >= 0.3 is 0 Å². The van der Waals surface area contributed by atoms with Crippen molar-refractivity contribution in [2.75, 3.05) is 30.8 Å². The zero-order chi connectivity index (χ0) is 12.7. The minimum absolute atomic E-state index is 0.375. The zero-order valence-electron chi connectivity index (χ0n) is 10.5. The lowest BCUT2D eigenvalue weighted by Crippen LogP contribution is -2.36. The quantitative estimate of drug-likeness (QED) is 0.826. The van der Waals surface area contributed by atoms with Crippen molar-refractivity contribution in [3.05, 3.63) is 5.56 Å². The molecule has 3 heterocycles. The van der Waals surface area contributed by atoms with Gasteiger partial charge in [-0.1, -0.05) is 0 Å². The number of fused-ring (bicyclic) bond motifs is 2. The first-order valence-corrected chi connectivity index (χ1v) is 7.10. The van der Waals surface area contributed by atoms with Crippen LogP contribution in [0.5, 0.6) is 0 Å². The normalized spacial score (nSPS) is 28.1. The van der Waals surface area contributed by atoms with E-state index in [9.17, 15) is 5.26 Å². The van der Waals surface area contributed by atoms with Crippen molar-refractivity contribution in [2.45, 2.75) is 31.3 Å². The molecule has 0 aromatic carbocycles. The SMILES string of the molecule is CN1C2CCC1CN(c1snc(N)c1C#N)CC2. The number of anilines is 2. The Hall–Kier alpha value is -1.32. The lowest BCUT2D eigenvalue weighted by molar-refractivity contribution is 0.254. The Morgan fingerprint density at radius 2 is 2.17 bits per heavy atom. The van der Waals surface area contributed by atoms with E-state index in [2.05, 4.69) is 27.3 Å². The first kappa shape index (κ1) is 11.8. The van der Waals surface area contributed by atoms with E-state index < -0.39 is 0 Å². The summed E-state index contributed by atoms with van der Waals surface area (Å²) in [5.41, 5.74) is 6.30. The molecule has 3 rings (SSSR count). The Morgan fingerprint density at radius 1 is 1.39 bits per heavy atom. The van der Waals surface area contributed by atoms with Crippen LogP contribution in [0.15, 0.2) is 0 Å². The van der Waals surface area contributed by atoms with E-state index in [0.717, 1.165) is 24.5 Å². The van der Waals surface area contributed by atoms with Gasteiger partial charge in [-0.05, 0) is 37.8 Å². The fraction of sp³-hybridized carbons (Fsp3) is 0.667. The Labute approximate surface area is 111 Å². The Bertz CT molecular complexity index is 491. The Balaban J connectivity index is 1.87. The average molecular weight is 263 g/mol. The summed E-state index contributed by atoms with van der Waals surface area (Å²) >= 11 is 1.36. The second-order valence-electron chi connectivity index (χ2n) is 5.14. The third-order valence-electron chi connectivity index (χ3n) is 4.25. The number of nitrogens with zero attached hydrogens (tertiary/aromatic N) is 4. The van der Waals surface area contributed by atoms with E-state index in [-0.39, 0.29) is 0 Å². The molecule has 0 aliphatic carbocycles. The highest BCUT2D eigenvalue weighted by atomic mass is 32.1. The standard InChI is InChI=1S/C12H17N5S/c1-16-8-2-3-9(16)7-17(5-4-8)12-10(6-13)11(14)15-18-12/h8-9H,2-5,7H2,1H3,(H2,14,15). The molecule has 0 radical (unpaired) electrons.